The van der Waals surface area contributed by atoms with Crippen molar-refractivity contribution in [2.45, 2.75) is 76.5 Å². The molecule has 1 aromatic rings. The molecule has 0 aliphatic carbocycles. The number of amides is 2. The number of hydrogen-bond donors (Lipinski definition) is 0. The van der Waals surface area contributed by atoms with Gasteiger partial charge in [-0.25, -0.2) is 9.69 Å². The van der Waals surface area contributed by atoms with Crippen LogP contribution in [-0.2, 0) is 34.9 Å². The van der Waals surface area contributed by atoms with E-state index in [1.165, 1.54) is 4.90 Å². The highest BCUT2D eigenvalue weighted by molar-refractivity contribution is 5.95. The van der Waals surface area contributed by atoms with Crippen LogP contribution in [0.15, 0.2) is 43.0 Å². The Morgan fingerprint density at radius 1 is 1.09 bits per heavy atom. The fourth-order valence-corrected chi connectivity index (χ4v) is 4.75. The lowest BCUT2D eigenvalue weighted by Gasteiger charge is -2.32. The number of hydrogen-bond acceptors (Lipinski definition) is 7. The summed E-state index contributed by atoms with van der Waals surface area (Å²) < 4.78 is 29.3. The molecule has 0 unspecified atom stereocenters. The van der Waals surface area contributed by atoms with E-state index in [0.717, 1.165) is 5.56 Å². The quantitative estimate of drug-likeness (QED) is 0.578. The average molecular weight is 460 g/mol. The summed E-state index contributed by atoms with van der Waals surface area (Å²) in [6.45, 7) is 11.5. The first-order valence-corrected chi connectivity index (χ1v) is 11.4. The lowest BCUT2D eigenvalue weighted by Crippen LogP contribution is -2.54. The van der Waals surface area contributed by atoms with Gasteiger partial charge in [-0.1, -0.05) is 36.4 Å². The molecule has 5 atom stereocenters. The maximum atomic E-state index is 13.8. The van der Waals surface area contributed by atoms with Crippen LogP contribution in [0.25, 0.3) is 0 Å². The molecule has 3 fully saturated rings. The van der Waals surface area contributed by atoms with Crippen molar-refractivity contribution in [1.82, 2.24) is 4.90 Å². The standard InChI is InChI=1S/C25H33NO7/c1-6-10-17(13-16-11-8-7-9-12-16)22(27)26-20(18-14-29-24(2,3)32-18)21(31-23(26)28)19-15-30-25(4,5)33-19/h6-9,11-12,17-21H,1,10,13-15H2,2-5H3/t17-,18-,19-,20+,21-/m1/s1. The molecule has 0 bridgehead atoms. The van der Waals surface area contributed by atoms with Gasteiger partial charge < -0.3 is 23.7 Å². The van der Waals surface area contributed by atoms with Gasteiger partial charge in [0.15, 0.2) is 17.7 Å². The van der Waals surface area contributed by atoms with Crippen molar-refractivity contribution in [1.29, 1.82) is 0 Å². The minimum Gasteiger partial charge on any atom is -0.441 e. The number of carbonyl (C=O) groups excluding carboxylic acids is 2. The van der Waals surface area contributed by atoms with Crippen LogP contribution < -0.4 is 0 Å². The van der Waals surface area contributed by atoms with Gasteiger partial charge >= 0.3 is 6.09 Å². The Kier molecular flexibility index (Phi) is 6.64. The number of ether oxygens (including phenoxy) is 5. The number of nitrogens with zero attached hydrogens (tertiary/aromatic N) is 1. The number of imide groups is 1. The van der Waals surface area contributed by atoms with Crippen molar-refractivity contribution in [3.8, 4) is 0 Å². The molecule has 0 saturated carbocycles. The third kappa shape index (κ3) is 5.14. The average Bonchev–Trinajstić information content (AvgIpc) is 3.41. The lowest BCUT2D eigenvalue weighted by atomic mass is 9.92. The van der Waals surface area contributed by atoms with Crippen LogP contribution in [0, 0.1) is 5.92 Å². The van der Waals surface area contributed by atoms with Crippen LogP contribution in [0.4, 0.5) is 4.79 Å². The van der Waals surface area contributed by atoms with Gasteiger partial charge in [0, 0.05) is 5.92 Å². The Bertz CT molecular complexity index is 884. The number of carbonyl (C=O) groups is 2. The summed E-state index contributed by atoms with van der Waals surface area (Å²) in [5.74, 6) is -2.41. The summed E-state index contributed by atoms with van der Waals surface area (Å²) in [5, 5.41) is 0. The molecule has 0 radical (unpaired) electrons. The smallest absolute Gasteiger partial charge is 0.417 e. The number of rotatable bonds is 7. The first-order chi connectivity index (χ1) is 15.6. The molecular weight excluding hydrogens is 426 g/mol. The molecule has 4 rings (SSSR count). The van der Waals surface area contributed by atoms with E-state index in [4.69, 9.17) is 23.7 Å². The molecule has 3 saturated heterocycles. The summed E-state index contributed by atoms with van der Waals surface area (Å²) in [4.78, 5) is 28.1. The van der Waals surface area contributed by atoms with Gasteiger partial charge in [-0.05, 0) is 46.1 Å². The second-order valence-electron chi connectivity index (χ2n) is 9.69. The molecule has 0 spiro atoms. The summed E-state index contributed by atoms with van der Waals surface area (Å²) in [6, 6.07) is 9.02. The zero-order chi connectivity index (χ0) is 23.8. The van der Waals surface area contributed by atoms with Crippen LogP contribution in [0.2, 0.25) is 0 Å². The predicted molar refractivity (Wildman–Crippen MR) is 119 cm³/mol. The zero-order valence-corrected chi connectivity index (χ0v) is 19.7. The van der Waals surface area contributed by atoms with E-state index in [1.54, 1.807) is 33.8 Å². The molecule has 1 aromatic carbocycles. The molecule has 2 amide bonds. The second kappa shape index (κ2) is 9.18. The van der Waals surface area contributed by atoms with Crippen LogP contribution >= 0.6 is 0 Å². The highest BCUT2D eigenvalue weighted by atomic mass is 16.8. The van der Waals surface area contributed by atoms with Gasteiger partial charge in [0.1, 0.15) is 18.2 Å². The van der Waals surface area contributed by atoms with E-state index < -0.39 is 47.9 Å². The summed E-state index contributed by atoms with van der Waals surface area (Å²) >= 11 is 0. The van der Waals surface area contributed by atoms with Gasteiger partial charge in [0.2, 0.25) is 5.91 Å². The monoisotopic (exact) mass is 459 g/mol. The second-order valence-corrected chi connectivity index (χ2v) is 9.69. The van der Waals surface area contributed by atoms with Crippen LogP contribution in [0.3, 0.4) is 0 Å². The fraction of sp³-hybridized carbons (Fsp3) is 0.600. The predicted octanol–water partition coefficient (Wildman–Crippen LogP) is 3.44. The molecule has 0 aromatic heterocycles. The summed E-state index contributed by atoms with van der Waals surface area (Å²) in [6.07, 6.45) is 0.119. The maximum Gasteiger partial charge on any atom is 0.417 e. The highest BCUT2D eigenvalue weighted by Gasteiger charge is 2.58. The van der Waals surface area contributed by atoms with E-state index in [2.05, 4.69) is 6.58 Å². The van der Waals surface area contributed by atoms with Crippen molar-refractivity contribution in [2.24, 2.45) is 5.92 Å². The molecular formula is C25H33NO7. The third-order valence-corrected chi connectivity index (χ3v) is 6.24. The Balaban J connectivity index is 1.62. The minimum atomic E-state index is -0.827. The van der Waals surface area contributed by atoms with Crippen molar-refractivity contribution in [2.75, 3.05) is 13.2 Å². The SMILES string of the molecule is C=CC[C@H](Cc1ccccc1)C(=O)N1C(=O)O[C@H]([C@H]2COC(C)(C)O2)[C@@H]1[C@H]1COC(C)(C)O1. The Morgan fingerprint density at radius 2 is 1.70 bits per heavy atom. The first-order valence-electron chi connectivity index (χ1n) is 11.4. The lowest BCUT2D eigenvalue weighted by molar-refractivity contribution is -0.164. The molecule has 3 aliphatic heterocycles. The van der Waals surface area contributed by atoms with E-state index >= 15 is 0 Å². The normalized spacial score (nSPS) is 31.4. The first kappa shape index (κ1) is 23.9. The number of cyclic esters (lactones) is 1. The third-order valence-electron chi connectivity index (χ3n) is 6.24. The minimum absolute atomic E-state index is 0.233. The molecule has 8 nitrogen and oxygen atoms in total. The van der Waals surface area contributed by atoms with Crippen LogP contribution in [0.5, 0.6) is 0 Å². The largest absolute Gasteiger partial charge is 0.441 e. The maximum absolute atomic E-state index is 13.8. The van der Waals surface area contributed by atoms with Gasteiger partial charge in [0.05, 0.1) is 13.2 Å². The van der Waals surface area contributed by atoms with Crippen molar-refractivity contribution in [3.63, 3.8) is 0 Å². The number of allylic oxidation sites excluding steroid dienone is 1. The topological polar surface area (TPSA) is 83.5 Å². The molecule has 33 heavy (non-hydrogen) atoms. The van der Waals surface area contributed by atoms with E-state index in [0.29, 0.717) is 12.8 Å². The summed E-state index contributed by atoms with van der Waals surface area (Å²) in [5.41, 5.74) is 1.01. The van der Waals surface area contributed by atoms with Crippen molar-refractivity contribution >= 4 is 12.0 Å². The Morgan fingerprint density at radius 3 is 2.24 bits per heavy atom. The van der Waals surface area contributed by atoms with Gasteiger partial charge in [0.25, 0.3) is 0 Å². The van der Waals surface area contributed by atoms with Gasteiger partial charge in [-0.2, -0.15) is 0 Å². The highest BCUT2D eigenvalue weighted by Crippen LogP contribution is 2.38. The Labute approximate surface area is 194 Å². The van der Waals surface area contributed by atoms with E-state index in [9.17, 15) is 9.59 Å². The van der Waals surface area contributed by atoms with E-state index in [1.807, 2.05) is 30.3 Å². The molecule has 0 N–H and O–H groups in total. The molecule has 8 heteroatoms. The zero-order valence-electron chi connectivity index (χ0n) is 19.7. The molecule has 180 valence electrons. The summed E-state index contributed by atoms with van der Waals surface area (Å²) in [7, 11) is 0. The van der Waals surface area contributed by atoms with Crippen LogP contribution in [0.1, 0.15) is 39.7 Å². The Hall–Kier alpha value is -2.26. The van der Waals surface area contributed by atoms with E-state index in [-0.39, 0.29) is 19.1 Å². The van der Waals surface area contributed by atoms with Crippen LogP contribution in [-0.4, -0.2) is 66.0 Å². The molecule has 3 heterocycles. The van der Waals surface area contributed by atoms with Gasteiger partial charge in [-0.15, -0.1) is 6.58 Å². The molecule has 3 aliphatic rings. The van der Waals surface area contributed by atoms with Crippen molar-refractivity contribution in [3.05, 3.63) is 48.6 Å². The fourth-order valence-electron chi connectivity index (χ4n) is 4.75. The number of benzene rings is 1. The van der Waals surface area contributed by atoms with Gasteiger partial charge in [-0.3, -0.25) is 4.79 Å². The van der Waals surface area contributed by atoms with Crippen molar-refractivity contribution < 1.29 is 33.3 Å².